The minimum atomic E-state index is -0.264. The summed E-state index contributed by atoms with van der Waals surface area (Å²) in [5, 5.41) is 0. The summed E-state index contributed by atoms with van der Waals surface area (Å²) in [5.41, 5.74) is 0. The maximum Gasteiger partial charge on any atom is 0.307 e. The number of ether oxygens (including phenoxy) is 2. The first-order chi connectivity index (χ1) is 11.2. The molecule has 0 radical (unpaired) electrons. The fourth-order valence-electron chi connectivity index (χ4n) is 3.15. The molecule has 23 heavy (non-hydrogen) atoms. The van der Waals surface area contributed by atoms with Gasteiger partial charge in [0.05, 0.1) is 13.5 Å². The summed E-state index contributed by atoms with van der Waals surface area (Å²) >= 11 is 0. The molecule has 0 N–H and O–H groups in total. The molecule has 0 unspecified atom stereocenters. The molecule has 0 aromatic rings. The molecule has 0 spiro atoms. The summed E-state index contributed by atoms with van der Waals surface area (Å²) in [6.45, 7) is 4.41. The highest BCUT2D eigenvalue weighted by atomic mass is 16.5. The second kappa shape index (κ2) is 12.3. The molecule has 1 saturated carbocycles. The maximum absolute atomic E-state index is 12.5. The molecule has 5 nitrogen and oxygen atoms in total. The normalized spacial score (nSPS) is 15.4. The number of carbonyl (C=O) groups excluding carboxylic acids is 2. The Bertz CT molecular complexity index is 340. The van der Waals surface area contributed by atoms with Gasteiger partial charge in [0, 0.05) is 32.7 Å². The van der Waals surface area contributed by atoms with Gasteiger partial charge in [0.25, 0.3) is 0 Å². The topological polar surface area (TPSA) is 55.8 Å². The molecule has 0 saturated heterocycles. The Balaban J connectivity index is 2.36. The van der Waals surface area contributed by atoms with Crippen LogP contribution in [0.2, 0.25) is 0 Å². The van der Waals surface area contributed by atoms with Gasteiger partial charge in [0.1, 0.15) is 0 Å². The SMILES string of the molecule is CCOCCCN(CCC(=O)OC)C(=O)CCC1CCCCC1. The van der Waals surface area contributed by atoms with Gasteiger partial charge in [-0.3, -0.25) is 9.59 Å². The summed E-state index contributed by atoms with van der Waals surface area (Å²) < 4.78 is 10.0. The Labute approximate surface area is 140 Å². The van der Waals surface area contributed by atoms with Crippen LogP contribution in [0.15, 0.2) is 0 Å². The molecule has 0 aliphatic heterocycles. The van der Waals surface area contributed by atoms with Crippen molar-refractivity contribution in [1.29, 1.82) is 0 Å². The van der Waals surface area contributed by atoms with Crippen molar-refractivity contribution < 1.29 is 19.1 Å². The number of amides is 1. The quantitative estimate of drug-likeness (QED) is 0.432. The second-order valence-corrected chi connectivity index (χ2v) is 6.30. The number of carbonyl (C=O) groups is 2. The summed E-state index contributed by atoms with van der Waals surface area (Å²) in [4.78, 5) is 25.6. The molecule has 134 valence electrons. The van der Waals surface area contributed by atoms with E-state index in [1.807, 2.05) is 6.92 Å². The Kier molecular flexibility index (Phi) is 10.7. The van der Waals surface area contributed by atoms with Crippen LogP contribution >= 0.6 is 0 Å². The molecule has 0 heterocycles. The number of rotatable bonds is 11. The van der Waals surface area contributed by atoms with Crippen molar-refractivity contribution in [3.05, 3.63) is 0 Å². The lowest BCUT2D eigenvalue weighted by Crippen LogP contribution is -2.34. The first-order valence-corrected chi connectivity index (χ1v) is 9.09. The second-order valence-electron chi connectivity index (χ2n) is 6.30. The highest BCUT2D eigenvalue weighted by molar-refractivity contribution is 5.77. The third kappa shape index (κ3) is 8.94. The Morgan fingerprint density at radius 3 is 2.48 bits per heavy atom. The number of esters is 1. The van der Waals surface area contributed by atoms with Gasteiger partial charge in [-0.1, -0.05) is 32.1 Å². The number of hydrogen-bond acceptors (Lipinski definition) is 4. The molecular formula is C18H33NO4. The zero-order valence-electron chi connectivity index (χ0n) is 14.8. The first-order valence-electron chi connectivity index (χ1n) is 9.09. The molecule has 0 bridgehead atoms. The van der Waals surface area contributed by atoms with Gasteiger partial charge in [-0.05, 0) is 25.7 Å². The molecule has 0 atom stereocenters. The maximum atomic E-state index is 12.5. The van der Waals surface area contributed by atoms with Crippen LogP contribution in [0, 0.1) is 5.92 Å². The van der Waals surface area contributed by atoms with E-state index in [9.17, 15) is 9.59 Å². The molecule has 0 aromatic heterocycles. The van der Waals surface area contributed by atoms with Gasteiger partial charge in [0.2, 0.25) is 5.91 Å². The van der Waals surface area contributed by atoms with Crippen LogP contribution in [-0.2, 0) is 19.1 Å². The fraction of sp³-hybridized carbons (Fsp3) is 0.889. The molecule has 1 rings (SSSR count). The van der Waals surface area contributed by atoms with Crippen molar-refractivity contribution >= 4 is 11.9 Å². The van der Waals surface area contributed by atoms with E-state index in [1.165, 1.54) is 39.2 Å². The van der Waals surface area contributed by atoms with Crippen molar-refractivity contribution in [3.63, 3.8) is 0 Å². The third-order valence-electron chi connectivity index (χ3n) is 4.58. The number of nitrogens with zero attached hydrogens (tertiary/aromatic N) is 1. The van der Waals surface area contributed by atoms with Crippen LogP contribution < -0.4 is 0 Å². The van der Waals surface area contributed by atoms with E-state index in [2.05, 4.69) is 4.74 Å². The summed E-state index contributed by atoms with van der Waals surface area (Å²) in [5.74, 6) is 0.606. The lowest BCUT2D eigenvalue weighted by molar-refractivity contribution is -0.141. The molecule has 1 fully saturated rings. The molecular weight excluding hydrogens is 294 g/mol. The highest BCUT2D eigenvalue weighted by Crippen LogP contribution is 2.27. The highest BCUT2D eigenvalue weighted by Gasteiger charge is 2.19. The Morgan fingerprint density at radius 2 is 1.83 bits per heavy atom. The minimum Gasteiger partial charge on any atom is -0.469 e. The molecule has 1 aliphatic rings. The van der Waals surface area contributed by atoms with Crippen LogP contribution in [0.4, 0.5) is 0 Å². The smallest absolute Gasteiger partial charge is 0.307 e. The molecule has 5 heteroatoms. The minimum absolute atomic E-state index is 0.163. The van der Waals surface area contributed by atoms with Crippen LogP contribution in [-0.4, -0.2) is 50.2 Å². The molecule has 1 amide bonds. The average molecular weight is 327 g/mol. The van der Waals surface area contributed by atoms with Gasteiger partial charge < -0.3 is 14.4 Å². The van der Waals surface area contributed by atoms with Gasteiger partial charge in [0.15, 0.2) is 0 Å². The monoisotopic (exact) mass is 327 g/mol. The number of hydrogen-bond donors (Lipinski definition) is 0. The van der Waals surface area contributed by atoms with Crippen molar-refractivity contribution in [2.24, 2.45) is 5.92 Å². The predicted molar refractivity (Wildman–Crippen MR) is 90.1 cm³/mol. The van der Waals surface area contributed by atoms with Crippen molar-refractivity contribution in [2.75, 3.05) is 33.4 Å². The van der Waals surface area contributed by atoms with E-state index in [4.69, 9.17) is 4.74 Å². The van der Waals surface area contributed by atoms with E-state index < -0.39 is 0 Å². The van der Waals surface area contributed by atoms with E-state index in [0.29, 0.717) is 38.6 Å². The first kappa shape index (κ1) is 19.9. The van der Waals surface area contributed by atoms with E-state index >= 15 is 0 Å². The fourth-order valence-corrected chi connectivity index (χ4v) is 3.15. The van der Waals surface area contributed by atoms with Crippen LogP contribution in [0.5, 0.6) is 0 Å². The van der Waals surface area contributed by atoms with Gasteiger partial charge in [-0.15, -0.1) is 0 Å². The average Bonchev–Trinajstić information content (AvgIpc) is 2.59. The zero-order chi connectivity index (χ0) is 16.9. The molecule has 1 aliphatic carbocycles. The standard InChI is InChI=1S/C18H33NO4/c1-3-23-15-7-13-19(14-12-18(21)22-2)17(20)11-10-16-8-5-4-6-9-16/h16H,3-15H2,1-2H3. The largest absolute Gasteiger partial charge is 0.469 e. The van der Waals surface area contributed by atoms with E-state index in [-0.39, 0.29) is 18.3 Å². The van der Waals surface area contributed by atoms with Crippen LogP contribution in [0.25, 0.3) is 0 Å². The number of methoxy groups -OCH3 is 1. The van der Waals surface area contributed by atoms with E-state index in [1.54, 1.807) is 4.90 Å². The summed E-state index contributed by atoms with van der Waals surface area (Å²) in [7, 11) is 1.38. The predicted octanol–water partition coefficient (Wildman–Crippen LogP) is 3.17. The van der Waals surface area contributed by atoms with Gasteiger partial charge in [-0.2, -0.15) is 0 Å². The zero-order valence-corrected chi connectivity index (χ0v) is 14.8. The van der Waals surface area contributed by atoms with Crippen molar-refractivity contribution in [3.8, 4) is 0 Å². The summed E-state index contributed by atoms with van der Waals surface area (Å²) in [6.07, 6.45) is 9.13. The lowest BCUT2D eigenvalue weighted by atomic mass is 9.86. The van der Waals surface area contributed by atoms with Crippen LogP contribution in [0.3, 0.4) is 0 Å². The Morgan fingerprint density at radius 1 is 1.09 bits per heavy atom. The van der Waals surface area contributed by atoms with Crippen LogP contribution in [0.1, 0.15) is 64.7 Å². The lowest BCUT2D eigenvalue weighted by Gasteiger charge is -2.25. The van der Waals surface area contributed by atoms with Gasteiger partial charge >= 0.3 is 5.97 Å². The molecule has 0 aromatic carbocycles. The Hall–Kier alpha value is -1.10. The van der Waals surface area contributed by atoms with Crippen molar-refractivity contribution in [1.82, 2.24) is 4.90 Å². The third-order valence-corrected chi connectivity index (χ3v) is 4.58. The van der Waals surface area contributed by atoms with Crippen molar-refractivity contribution in [2.45, 2.75) is 64.7 Å². The summed E-state index contributed by atoms with van der Waals surface area (Å²) in [6, 6.07) is 0. The van der Waals surface area contributed by atoms with E-state index in [0.717, 1.165) is 12.8 Å². The van der Waals surface area contributed by atoms with Gasteiger partial charge in [-0.25, -0.2) is 0 Å².